The van der Waals surface area contributed by atoms with E-state index in [2.05, 4.69) is 5.32 Å². The Morgan fingerprint density at radius 1 is 1.42 bits per heavy atom. The average Bonchev–Trinajstić information content (AvgIpc) is 2.84. The lowest BCUT2D eigenvalue weighted by Crippen LogP contribution is -2.25. The number of hydrogen-bond donors (Lipinski definition) is 1. The Morgan fingerprint density at radius 3 is 2.95 bits per heavy atom. The van der Waals surface area contributed by atoms with Crippen molar-refractivity contribution in [1.29, 1.82) is 5.26 Å². The first kappa shape index (κ1) is 12.9. The number of benzene rings is 1. The van der Waals surface area contributed by atoms with Crippen LogP contribution in [0, 0.1) is 11.3 Å². The van der Waals surface area contributed by atoms with E-state index in [4.69, 9.17) is 5.26 Å². The van der Waals surface area contributed by atoms with Crippen molar-refractivity contribution in [3.63, 3.8) is 0 Å². The molecule has 0 bridgehead atoms. The highest BCUT2D eigenvalue weighted by Crippen LogP contribution is 2.04. The molecule has 1 N–H and O–H groups in total. The summed E-state index contributed by atoms with van der Waals surface area (Å²) in [5.74, 6) is -0.145. The van der Waals surface area contributed by atoms with Gasteiger partial charge < -0.3 is 9.88 Å². The zero-order chi connectivity index (χ0) is 13.7. The first-order chi connectivity index (χ1) is 9.19. The second-order valence-electron chi connectivity index (χ2n) is 4.38. The van der Waals surface area contributed by atoms with Crippen molar-refractivity contribution >= 4 is 5.91 Å². The average molecular weight is 253 g/mol. The molecule has 1 heterocycles. The summed E-state index contributed by atoms with van der Waals surface area (Å²) in [6, 6.07) is 10.8. The third-order valence-electron chi connectivity index (χ3n) is 2.85. The molecule has 19 heavy (non-hydrogen) atoms. The standard InChI is InChI=1S/C15H15N3O/c1-18-8-6-12(11-18)5-7-17-15(19)14-4-2-3-13(9-14)10-16/h2-4,6,8-9,11H,5,7H2,1H3,(H,17,19). The Labute approximate surface area is 112 Å². The maximum atomic E-state index is 11.9. The van der Waals surface area contributed by atoms with Gasteiger partial charge in [-0.15, -0.1) is 0 Å². The quantitative estimate of drug-likeness (QED) is 0.904. The van der Waals surface area contributed by atoms with Crippen LogP contribution in [0.1, 0.15) is 21.5 Å². The number of rotatable bonds is 4. The molecule has 4 heteroatoms. The molecule has 0 aliphatic carbocycles. The van der Waals surface area contributed by atoms with Gasteiger partial charge in [-0.05, 0) is 36.2 Å². The number of carbonyl (C=O) groups is 1. The van der Waals surface area contributed by atoms with Crippen molar-refractivity contribution in [3.05, 3.63) is 59.4 Å². The molecule has 0 aliphatic heterocycles. The summed E-state index contributed by atoms with van der Waals surface area (Å²) in [7, 11) is 1.97. The van der Waals surface area contributed by atoms with Gasteiger partial charge in [0.1, 0.15) is 0 Å². The zero-order valence-corrected chi connectivity index (χ0v) is 10.8. The van der Waals surface area contributed by atoms with E-state index in [9.17, 15) is 4.79 Å². The van der Waals surface area contributed by atoms with Gasteiger partial charge in [0.15, 0.2) is 0 Å². The van der Waals surface area contributed by atoms with Crippen LogP contribution in [0.5, 0.6) is 0 Å². The van der Waals surface area contributed by atoms with Gasteiger partial charge >= 0.3 is 0 Å². The van der Waals surface area contributed by atoms with Gasteiger partial charge in [0.2, 0.25) is 0 Å². The van der Waals surface area contributed by atoms with Crippen molar-refractivity contribution in [2.24, 2.45) is 7.05 Å². The van der Waals surface area contributed by atoms with E-state index in [-0.39, 0.29) is 5.91 Å². The Hall–Kier alpha value is -2.54. The Bertz CT molecular complexity index is 622. The third-order valence-corrected chi connectivity index (χ3v) is 2.85. The van der Waals surface area contributed by atoms with Gasteiger partial charge in [0.05, 0.1) is 11.6 Å². The number of hydrogen-bond acceptors (Lipinski definition) is 2. The predicted molar refractivity (Wildman–Crippen MR) is 72.6 cm³/mol. The van der Waals surface area contributed by atoms with Crippen molar-refractivity contribution < 1.29 is 4.79 Å². The van der Waals surface area contributed by atoms with Crippen molar-refractivity contribution in [2.45, 2.75) is 6.42 Å². The van der Waals surface area contributed by atoms with Crippen molar-refractivity contribution in [3.8, 4) is 6.07 Å². The minimum atomic E-state index is -0.145. The SMILES string of the molecule is Cn1ccc(CCNC(=O)c2cccc(C#N)c2)c1. The molecule has 1 aromatic carbocycles. The van der Waals surface area contributed by atoms with Crippen LogP contribution in [0.15, 0.2) is 42.7 Å². The maximum absolute atomic E-state index is 11.9. The van der Waals surface area contributed by atoms with E-state index < -0.39 is 0 Å². The first-order valence-electron chi connectivity index (χ1n) is 6.08. The fourth-order valence-corrected chi connectivity index (χ4v) is 1.86. The van der Waals surface area contributed by atoms with Gasteiger partial charge in [0.25, 0.3) is 5.91 Å². The second kappa shape index (κ2) is 5.87. The molecule has 0 saturated carbocycles. The van der Waals surface area contributed by atoms with E-state index in [0.29, 0.717) is 17.7 Å². The number of aromatic nitrogens is 1. The summed E-state index contributed by atoms with van der Waals surface area (Å²) in [5, 5.41) is 11.6. The molecule has 1 amide bonds. The molecule has 0 aliphatic rings. The number of nitrogens with one attached hydrogen (secondary N) is 1. The Balaban J connectivity index is 1.89. The summed E-state index contributed by atoms with van der Waals surface area (Å²) < 4.78 is 1.98. The minimum Gasteiger partial charge on any atom is -0.357 e. The lowest BCUT2D eigenvalue weighted by molar-refractivity contribution is 0.0954. The van der Waals surface area contributed by atoms with E-state index in [1.807, 2.05) is 36.1 Å². The van der Waals surface area contributed by atoms with E-state index in [1.165, 1.54) is 5.56 Å². The smallest absolute Gasteiger partial charge is 0.251 e. The molecular weight excluding hydrogens is 238 g/mol. The minimum absolute atomic E-state index is 0.145. The summed E-state index contributed by atoms with van der Waals surface area (Å²) >= 11 is 0. The largest absolute Gasteiger partial charge is 0.357 e. The summed E-state index contributed by atoms with van der Waals surface area (Å²) in [6.07, 6.45) is 4.81. The molecule has 0 atom stereocenters. The van der Waals surface area contributed by atoms with Crippen molar-refractivity contribution in [1.82, 2.24) is 9.88 Å². The monoisotopic (exact) mass is 253 g/mol. The molecule has 96 valence electrons. The van der Waals surface area contributed by atoms with Crippen LogP contribution in [-0.4, -0.2) is 17.0 Å². The highest BCUT2D eigenvalue weighted by Gasteiger charge is 2.05. The van der Waals surface area contributed by atoms with Gasteiger partial charge in [-0.2, -0.15) is 5.26 Å². The topological polar surface area (TPSA) is 57.8 Å². The van der Waals surface area contributed by atoms with Crippen LogP contribution in [0.25, 0.3) is 0 Å². The Morgan fingerprint density at radius 2 is 2.26 bits per heavy atom. The van der Waals surface area contributed by atoms with Crippen LogP contribution in [0.3, 0.4) is 0 Å². The van der Waals surface area contributed by atoms with Gasteiger partial charge in [-0.25, -0.2) is 0 Å². The molecule has 0 fully saturated rings. The third kappa shape index (κ3) is 3.46. The number of nitrogens with zero attached hydrogens (tertiary/aromatic N) is 2. The van der Waals surface area contributed by atoms with Gasteiger partial charge in [-0.3, -0.25) is 4.79 Å². The molecule has 4 nitrogen and oxygen atoms in total. The number of amides is 1. The second-order valence-corrected chi connectivity index (χ2v) is 4.38. The summed E-state index contributed by atoms with van der Waals surface area (Å²) in [6.45, 7) is 0.583. The molecule has 2 rings (SSSR count). The van der Waals surface area contributed by atoms with Gasteiger partial charge in [-0.1, -0.05) is 6.07 Å². The van der Waals surface area contributed by atoms with E-state index in [1.54, 1.807) is 24.3 Å². The molecule has 2 aromatic rings. The molecular formula is C15H15N3O. The molecule has 1 aromatic heterocycles. The lowest BCUT2D eigenvalue weighted by atomic mass is 10.1. The van der Waals surface area contributed by atoms with Crippen LogP contribution in [-0.2, 0) is 13.5 Å². The molecule has 0 radical (unpaired) electrons. The normalized spacial score (nSPS) is 9.89. The predicted octanol–water partition coefficient (Wildman–Crippen LogP) is 1.87. The lowest BCUT2D eigenvalue weighted by Gasteiger charge is -2.04. The number of aryl methyl sites for hydroxylation is 1. The van der Waals surface area contributed by atoms with E-state index in [0.717, 1.165) is 6.42 Å². The molecule has 0 unspecified atom stereocenters. The fourth-order valence-electron chi connectivity index (χ4n) is 1.86. The van der Waals surface area contributed by atoms with Gasteiger partial charge in [0, 0.05) is 31.5 Å². The number of nitriles is 1. The van der Waals surface area contributed by atoms with Crippen LogP contribution < -0.4 is 5.32 Å². The van der Waals surface area contributed by atoms with Crippen LogP contribution >= 0.6 is 0 Å². The molecule has 0 spiro atoms. The van der Waals surface area contributed by atoms with E-state index >= 15 is 0 Å². The highest BCUT2D eigenvalue weighted by atomic mass is 16.1. The summed E-state index contributed by atoms with van der Waals surface area (Å²) in [5.41, 5.74) is 2.20. The maximum Gasteiger partial charge on any atom is 0.251 e. The van der Waals surface area contributed by atoms with Crippen molar-refractivity contribution in [2.75, 3.05) is 6.54 Å². The van der Waals surface area contributed by atoms with Crippen LogP contribution in [0.2, 0.25) is 0 Å². The number of carbonyl (C=O) groups excluding carboxylic acids is 1. The first-order valence-corrected chi connectivity index (χ1v) is 6.08. The Kier molecular flexibility index (Phi) is 3.99. The van der Waals surface area contributed by atoms with Crippen LogP contribution in [0.4, 0.5) is 0 Å². The fraction of sp³-hybridized carbons (Fsp3) is 0.200. The molecule has 0 saturated heterocycles. The zero-order valence-electron chi connectivity index (χ0n) is 10.8. The summed E-state index contributed by atoms with van der Waals surface area (Å²) in [4.78, 5) is 11.9. The highest BCUT2D eigenvalue weighted by molar-refractivity contribution is 5.94.